The van der Waals surface area contributed by atoms with Crippen molar-refractivity contribution in [3.63, 3.8) is 0 Å². The van der Waals surface area contributed by atoms with E-state index in [1.54, 1.807) is 92.9 Å². The summed E-state index contributed by atoms with van der Waals surface area (Å²) in [7, 11) is -6.67. The second kappa shape index (κ2) is 21.9. The summed E-state index contributed by atoms with van der Waals surface area (Å²) < 4.78 is 64.0. The fourth-order valence-corrected chi connectivity index (χ4v) is 10.4. The number of amides is 2. The quantitative estimate of drug-likeness (QED) is 0.0298. The van der Waals surface area contributed by atoms with Crippen molar-refractivity contribution in [3.05, 3.63) is 147 Å². The highest BCUT2D eigenvalue weighted by atomic mass is 32.2. The molecule has 6 N–H and O–H groups in total. The number of nitrogens with zero attached hydrogens (tertiary/aromatic N) is 2. The molecule has 334 valence electrons. The molecule has 4 aromatic carbocycles. The van der Waals surface area contributed by atoms with Crippen LogP contribution in [0.4, 0.5) is 0 Å². The largest absolute Gasteiger partial charge is 0.496 e. The molecule has 1 heterocycles. The predicted octanol–water partition coefficient (Wildman–Crippen LogP) is 4.58. The Morgan fingerprint density at radius 2 is 1.37 bits per heavy atom. The van der Waals surface area contributed by atoms with Crippen molar-refractivity contribution < 1.29 is 36.0 Å². The number of aromatic nitrogens is 1. The molecule has 15 nitrogen and oxygen atoms in total. The molecule has 3 atom stereocenters. The predicted molar refractivity (Wildman–Crippen MR) is 245 cm³/mol. The summed E-state index contributed by atoms with van der Waals surface area (Å²) in [5, 5.41) is 7.37. The van der Waals surface area contributed by atoms with Crippen molar-refractivity contribution in [3.8, 4) is 5.75 Å². The number of ketones is 1. The maximum Gasteiger partial charge on any atom is 0.264 e. The minimum absolute atomic E-state index is 0.0104. The number of Topliss-reactive ketones (excluding diaryl/α,β-unsaturated/α-hetero) is 1. The van der Waals surface area contributed by atoms with Gasteiger partial charge in [-0.15, -0.1) is 11.3 Å². The standard InChI is InChI=1S/C45H53N7O8S3/c1-29-18-20-34(21-19-29)26-37(50-43(55)38(27-33-13-8-6-9-14-33)51-62(56,57)28-35-15-10-7-11-16-35)42(54)49-36(40(53)44-47-23-24-61-44)17-12-22-48-45(46)52-63(58,59)41-30(2)25-39(60-5)31(3)32(41)4/h6-11,13-16,18-21,23-25,36-38,51H,12,17,22,26-28H2,1-5H3,(H,49,54)(H,50,55)(H3,46,48,52)/t36-,37-,38+/m0/s1. The van der Waals surface area contributed by atoms with E-state index in [4.69, 9.17) is 10.5 Å². The third-order valence-corrected chi connectivity index (χ3v) is 14.0. The maximum absolute atomic E-state index is 14.3. The van der Waals surface area contributed by atoms with Crippen LogP contribution in [0.25, 0.3) is 0 Å². The highest BCUT2D eigenvalue weighted by Crippen LogP contribution is 2.30. The van der Waals surface area contributed by atoms with E-state index in [1.807, 2.05) is 31.2 Å². The molecular weight excluding hydrogens is 863 g/mol. The lowest BCUT2D eigenvalue weighted by molar-refractivity contribution is -0.130. The highest BCUT2D eigenvalue weighted by molar-refractivity contribution is 7.90. The van der Waals surface area contributed by atoms with Gasteiger partial charge in [0.25, 0.3) is 10.0 Å². The van der Waals surface area contributed by atoms with Gasteiger partial charge < -0.3 is 21.1 Å². The average molecular weight is 916 g/mol. The van der Waals surface area contributed by atoms with Gasteiger partial charge in [-0.3, -0.25) is 19.4 Å². The van der Waals surface area contributed by atoms with E-state index in [2.05, 4.69) is 30.1 Å². The Hall–Kier alpha value is -5.95. The van der Waals surface area contributed by atoms with E-state index < -0.39 is 55.8 Å². The molecule has 18 heteroatoms. The first-order chi connectivity index (χ1) is 30.0. The van der Waals surface area contributed by atoms with E-state index in [0.717, 1.165) is 16.9 Å². The number of benzene rings is 4. The lowest BCUT2D eigenvalue weighted by atomic mass is 10.0. The number of hydrogen-bond acceptors (Lipinski definition) is 11. The van der Waals surface area contributed by atoms with Crippen LogP contribution in [0.15, 0.2) is 112 Å². The Morgan fingerprint density at radius 3 is 1.98 bits per heavy atom. The van der Waals surface area contributed by atoms with Crippen LogP contribution in [0.2, 0.25) is 0 Å². The van der Waals surface area contributed by atoms with Crippen LogP contribution < -0.4 is 30.5 Å². The zero-order chi connectivity index (χ0) is 45.7. The number of ether oxygens (including phenoxy) is 1. The number of rotatable bonds is 21. The summed E-state index contributed by atoms with van der Waals surface area (Å²) >= 11 is 1.09. The molecule has 1 aromatic heterocycles. The number of nitrogens with one attached hydrogen (secondary N) is 4. The zero-order valence-electron chi connectivity index (χ0n) is 35.8. The van der Waals surface area contributed by atoms with Crippen molar-refractivity contribution >= 4 is 54.9 Å². The molecule has 0 spiro atoms. The molecule has 2 amide bonds. The molecule has 0 fully saturated rings. The van der Waals surface area contributed by atoms with Gasteiger partial charge in [-0.1, -0.05) is 90.5 Å². The van der Waals surface area contributed by atoms with Crippen molar-refractivity contribution in [2.45, 2.75) is 82.2 Å². The van der Waals surface area contributed by atoms with Gasteiger partial charge >= 0.3 is 0 Å². The van der Waals surface area contributed by atoms with Crippen molar-refractivity contribution in [2.75, 3.05) is 13.7 Å². The minimum atomic E-state index is -4.13. The molecule has 0 unspecified atom stereocenters. The van der Waals surface area contributed by atoms with E-state index in [-0.39, 0.29) is 53.8 Å². The average Bonchev–Trinajstić information content (AvgIpc) is 3.79. The Labute approximate surface area is 373 Å². The molecule has 63 heavy (non-hydrogen) atoms. The number of aliphatic imine (C=N–C) groups is 1. The van der Waals surface area contributed by atoms with E-state index >= 15 is 0 Å². The van der Waals surface area contributed by atoms with Crippen molar-refractivity contribution in [1.29, 1.82) is 0 Å². The second-order valence-corrected chi connectivity index (χ2v) is 19.4. The number of carbonyl (C=O) groups is 3. The molecule has 0 aliphatic heterocycles. The number of hydrogen-bond donors (Lipinski definition) is 5. The summed E-state index contributed by atoms with van der Waals surface area (Å²) in [4.78, 5) is 50.8. The molecular formula is C45H53N7O8S3. The van der Waals surface area contributed by atoms with Crippen LogP contribution >= 0.6 is 11.3 Å². The first-order valence-corrected chi connectivity index (χ1v) is 24.1. The Balaban J connectivity index is 1.35. The number of methoxy groups -OCH3 is 1. The number of guanidine groups is 1. The van der Waals surface area contributed by atoms with Gasteiger partial charge in [0, 0.05) is 24.5 Å². The van der Waals surface area contributed by atoms with Crippen LogP contribution in [-0.2, 0) is 48.2 Å². The lowest BCUT2D eigenvalue weighted by Gasteiger charge is -2.25. The van der Waals surface area contributed by atoms with E-state index in [0.29, 0.717) is 39.1 Å². The van der Waals surface area contributed by atoms with E-state index in [1.165, 1.54) is 13.3 Å². The first-order valence-electron chi connectivity index (χ1n) is 20.1. The fraction of sp³-hybridized carbons (Fsp3) is 0.311. The van der Waals surface area contributed by atoms with Gasteiger partial charge in [0.05, 0.1) is 23.8 Å². The summed E-state index contributed by atoms with van der Waals surface area (Å²) in [5.41, 5.74) is 10.6. The summed E-state index contributed by atoms with van der Waals surface area (Å²) in [6, 6.07) is 22.8. The third-order valence-electron chi connectivity index (χ3n) is 10.2. The number of sulfonamides is 2. The summed E-state index contributed by atoms with van der Waals surface area (Å²) in [6.07, 6.45) is 1.70. The smallest absolute Gasteiger partial charge is 0.264 e. The van der Waals surface area contributed by atoms with Crippen LogP contribution in [0.1, 0.15) is 61.6 Å². The van der Waals surface area contributed by atoms with Crippen LogP contribution in [0, 0.1) is 27.7 Å². The summed E-state index contributed by atoms with van der Waals surface area (Å²) in [6.45, 7) is 6.98. The van der Waals surface area contributed by atoms with Crippen molar-refractivity contribution in [1.82, 2.24) is 25.1 Å². The molecule has 0 aliphatic carbocycles. The van der Waals surface area contributed by atoms with Gasteiger partial charge in [-0.25, -0.2) is 31.3 Å². The SMILES string of the molecule is COc1cc(C)c(S(=O)(=O)NC(N)=NCCC[C@H](NC(=O)[C@H](Cc2ccc(C)cc2)NC(=O)[C@@H](Cc2ccccc2)NS(=O)(=O)Cc2ccccc2)C(=O)c2nccs2)c(C)c1C. The number of nitrogens with two attached hydrogens (primary N) is 1. The van der Waals surface area contributed by atoms with Crippen LogP contribution in [0.5, 0.6) is 5.75 Å². The van der Waals surface area contributed by atoms with E-state index in [9.17, 15) is 31.2 Å². The summed E-state index contributed by atoms with van der Waals surface area (Å²) in [5.74, 6) is -2.09. The first kappa shape index (κ1) is 48.1. The van der Waals surface area contributed by atoms with Gasteiger partial charge in [0.1, 0.15) is 17.8 Å². The highest BCUT2D eigenvalue weighted by Gasteiger charge is 2.32. The van der Waals surface area contributed by atoms with Crippen molar-refractivity contribution in [2.24, 2.45) is 10.7 Å². The van der Waals surface area contributed by atoms with Gasteiger partial charge in [-0.2, -0.15) is 0 Å². The molecule has 5 aromatic rings. The van der Waals surface area contributed by atoms with Crippen LogP contribution in [-0.4, -0.2) is 77.2 Å². The fourth-order valence-electron chi connectivity index (χ4n) is 6.93. The van der Waals surface area contributed by atoms with Gasteiger partial charge in [-0.05, 0) is 86.4 Å². The third kappa shape index (κ3) is 13.8. The second-order valence-electron chi connectivity index (χ2n) is 15.1. The van der Waals surface area contributed by atoms with Crippen LogP contribution in [0.3, 0.4) is 0 Å². The maximum atomic E-state index is 14.3. The van der Waals surface area contributed by atoms with Gasteiger partial charge in [0.15, 0.2) is 5.01 Å². The molecule has 0 saturated carbocycles. The Kier molecular flexibility index (Phi) is 16.7. The molecule has 0 bridgehead atoms. The molecule has 0 aliphatic rings. The topological polar surface area (TPSA) is 228 Å². The lowest BCUT2D eigenvalue weighted by Crippen LogP contribution is -2.57. The number of aryl methyl sites for hydroxylation is 2. The van der Waals surface area contributed by atoms with Gasteiger partial charge in [0.2, 0.25) is 33.6 Å². The monoisotopic (exact) mass is 915 g/mol. The molecule has 5 rings (SSSR count). The normalized spacial score (nSPS) is 13.4. The number of thiazole rings is 1. The minimum Gasteiger partial charge on any atom is -0.496 e. The Morgan fingerprint density at radius 1 is 0.778 bits per heavy atom. The Bertz CT molecular complexity index is 2610. The molecule has 0 radical (unpaired) electrons. The zero-order valence-corrected chi connectivity index (χ0v) is 38.2. The number of carbonyl (C=O) groups excluding carboxylic acids is 3. The molecule has 0 saturated heterocycles.